The minimum Gasteiger partial charge on any atom is -0.398 e. The van der Waals surface area contributed by atoms with Crippen LogP contribution < -0.4 is 0 Å². The Hall–Kier alpha value is -1.14. The van der Waals surface area contributed by atoms with Gasteiger partial charge in [-0.2, -0.15) is 0 Å². The van der Waals surface area contributed by atoms with Gasteiger partial charge in [-0.3, -0.25) is 9.59 Å². The standard InChI is InChI=1S/C33H64O6/c1-3-5-7-9-11-13-15-17-19-21-23-27-31(35)38-33(37,29-25-26-30-34)39-32(36)28-24-22-20-18-16-14-12-10-8-6-4-2/h34,37H,3-30H2,1-2H3. The van der Waals surface area contributed by atoms with E-state index < -0.39 is 17.9 Å². The van der Waals surface area contributed by atoms with Crippen molar-refractivity contribution in [3.63, 3.8) is 0 Å². The summed E-state index contributed by atoms with van der Waals surface area (Å²) in [5, 5.41) is 19.8. The van der Waals surface area contributed by atoms with Crippen LogP contribution in [-0.4, -0.2) is 34.7 Å². The summed E-state index contributed by atoms with van der Waals surface area (Å²) in [5.74, 6) is -3.32. The maximum Gasteiger partial charge on any atom is 0.373 e. The monoisotopic (exact) mass is 556 g/mol. The quantitative estimate of drug-likeness (QED) is 0.0520. The second-order valence-electron chi connectivity index (χ2n) is 11.4. The first-order valence-corrected chi connectivity index (χ1v) is 16.7. The highest BCUT2D eigenvalue weighted by Gasteiger charge is 2.35. The zero-order valence-electron chi connectivity index (χ0n) is 25.8. The van der Waals surface area contributed by atoms with E-state index in [1.807, 2.05) is 0 Å². The fraction of sp³-hybridized carbons (Fsp3) is 0.939. The van der Waals surface area contributed by atoms with Crippen LogP contribution in [-0.2, 0) is 19.1 Å². The Morgan fingerprint density at radius 3 is 1.10 bits per heavy atom. The topological polar surface area (TPSA) is 93.1 Å². The second-order valence-corrected chi connectivity index (χ2v) is 11.4. The molecule has 6 nitrogen and oxygen atoms in total. The summed E-state index contributed by atoms with van der Waals surface area (Å²) in [6.07, 6.45) is 27.4. The highest BCUT2D eigenvalue weighted by molar-refractivity contribution is 5.71. The van der Waals surface area contributed by atoms with Gasteiger partial charge < -0.3 is 19.7 Å². The molecule has 0 radical (unpaired) electrons. The molecule has 0 aromatic carbocycles. The van der Waals surface area contributed by atoms with E-state index >= 15 is 0 Å². The molecule has 0 spiro atoms. The lowest BCUT2D eigenvalue weighted by molar-refractivity contribution is -0.328. The number of hydrogen-bond acceptors (Lipinski definition) is 6. The van der Waals surface area contributed by atoms with Crippen molar-refractivity contribution in [3.05, 3.63) is 0 Å². The minimum atomic E-state index is -2.24. The van der Waals surface area contributed by atoms with Crippen LogP contribution in [0.3, 0.4) is 0 Å². The van der Waals surface area contributed by atoms with E-state index in [4.69, 9.17) is 14.6 Å². The third-order valence-corrected chi connectivity index (χ3v) is 7.42. The average Bonchev–Trinajstić information content (AvgIpc) is 2.90. The number of aliphatic hydroxyl groups is 2. The Balaban J connectivity index is 4.07. The second kappa shape index (κ2) is 28.4. The van der Waals surface area contributed by atoms with Gasteiger partial charge in [0.1, 0.15) is 0 Å². The van der Waals surface area contributed by atoms with Crippen LogP contribution in [0.2, 0.25) is 0 Å². The van der Waals surface area contributed by atoms with Crippen LogP contribution in [0.5, 0.6) is 0 Å². The molecule has 0 rings (SSSR count). The van der Waals surface area contributed by atoms with Crippen molar-refractivity contribution in [2.45, 2.75) is 193 Å². The van der Waals surface area contributed by atoms with Crippen LogP contribution in [0.1, 0.15) is 187 Å². The summed E-state index contributed by atoms with van der Waals surface area (Å²) in [5.41, 5.74) is 0. The zero-order valence-corrected chi connectivity index (χ0v) is 25.8. The van der Waals surface area contributed by atoms with Crippen LogP contribution >= 0.6 is 0 Å². The molecule has 0 aliphatic heterocycles. The fourth-order valence-electron chi connectivity index (χ4n) is 4.91. The maximum atomic E-state index is 12.4. The third kappa shape index (κ3) is 26.8. The number of unbranched alkanes of at least 4 members (excludes halogenated alkanes) is 21. The lowest BCUT2D eigenvalue weighted by Crippen LogP contribution is -2.40. The maximum absolute atomic E-state index is 12.4. The van der Waals surface area contributed by atoms with Crippen molar-refractivity contribution in [3.8, 4) is 0 Å². The highest BCUT2D eigenvalue weighted by Crippen LogP contribution is 2.22. The molecular formula is C33H64O6. The van der Waals surface area contributed by atoms with Gasteiger partial charge in [-0.05, 0) is 25.7 Å². The lowest BCUT2D eigenvalue weighted by Gasteiger charge is -2.27. The molecule has 0 heterocycles. The molecule has 0 saturated heterocycles. The normalized spacial score (nSPS) is 11.6. The van der Waals surface area contributed by atoms with Gasteiger partial charge in [0.05, 0.1) is 6.42 Å². The van der Waals surface area contributed by atoms with Crippen molar-refractivity contribution in [1.29, 1.82) is 0 Å². The van der Waals surface area contributed by atoms with Crippen molar-refractivity contribution in [2.24, 2.45) is 0 Å². The van der Waals surface area contributed by atoms with Crippen molar-refractivity contribution >= 4 is 11.9 Å². The summed E-state index contributed by atoms with van der Waals surface area (Å²) < 4.78 is 10.5. The van der Waals surface area contributed by atoms with E-state index in [1.54, 1.807) is 0 Å². The van der Waals surface area contributed by atoms with E-state index in [-0.39, 0.29) is 25.9 Å². The van der Waals surface area contributed by atoms with Gasteiger partial charge in [0.25, 0.3) is 0 Å². The molecule has 39 heavy (non-hydrogen) atoms. The van der Waals surface area contributed by atoms with Crippen molar-refractivity contribution < 1.29 is 29.3 Å². The highest BCUT2D eigenvalue weighted by atomic mass is 16.8. The summed E-state index contributed by atoms with van der Waals surface area (Å²) in [4.78, 5) is 24.7. The van der Waals surface area contributed by atoms with E-state index in [0.29, 0.717) is 25.7 Å². The predicted octanol–water partition coefficient (Wildman–Crippen LogP) is 9.28. The van der Waals surface area contributed by atoms with Gasteiger partial charge in [0, 0.05) is 19.4 Å². The lowest BCUT2D eigenvalue weighted by atomic mass is 10.1. The average molecular weight is 557 g/mol. The fourth-order valence-corrected chi connectivity index (χ4v) is 4.91. The summed E-state index contributed by atoms with van der Waals surface area (Å²) in [7, 11) is 0. The van der Waals surface area contributed by atoms with Gasteiger partial charge in [0.15, 0.2) is 0 Å². The van der Waals surface area contributed by atoms with E-state index in [2.05, 4.69) is 13.8 Å². The number of hydrogen-bond donors (Lipinski definition) is 2. The van der Waals surface area contributed by atoms with Crippen LogP contribution in [0.25, 0.3) is 0 Å². The van der Waals surface area contributed by atoms with Crippen molar-refractivity contribution in [2.75, 3.05) is 6.61 Å². The molecule has 0 fully saturated rings. The zero-order chi connectivity index (χ0) is 28.9. The third-order valence-electron chi connectivity index (χ3n) is 7.42. The van der Waals surface area contributed by atoms with Gasteiger partial charge in [0.2, 0.25) is 0 Å². The Labute approximate surface area is 241 Å². The first-order chi connectivity index (χ1) is 19.0. The molecular weight excluding hydrogens is 492 g/mol. The molecule has 0 aromatic heterocycles. The molecule has 6 heteroatoms. The van der Waals surface area contributed by atoms with Gasteiger partial charge in [-0.1, -0.05) is 142 Å². The SMILES string of the molecule is CCCCCCCCCCCCCC(=O)OC(O)(CCCCO)OC(=O)CCCCCCCCCCCCC. The molecule has 0 bridgehead atoms. The molecule has 2 N–H and O–H groups in total. The van der Waals surface area contributed by atoms with Crippen LogP contribution in [0.15, 0.2) is 0 Å². The summed E-state index contributed by atoms with van der Waals surface area (Å²) in [6.45, 7) is 4.44. The molecule has 0 aliphatic rings. The molecule has 232 valence electrons. The summed E-state index contributed by atoms with van der Waals surface area (Å²) >= 11 is 0. The van der Waals surface area contributed by atoms with Crippen LogP contribution in [0, 0.1) is 0 Å². The van der Waals surface area contributed by atoms with Crippen molar-refractivity contribution in [1.82, 2.24) is 0 Å². The van der Waals surface area contributed by atoms with Gasteiger partial charge in [-0.15, -0.1) is 0 Å². The molecule has 0 saturated carbocycles. The van der Waals surface area contributed by atoms with E-state index in [9.17, 15) is 14.7 Å². The number of esters is 2. The molecule has 0 amide bonds. The summed E-state index contributed by atoms with van der Waals surface area (Å²) in [6, 6.07) is 0. The van der Waals surface area contributed by atoms with Crippen LogP contribution in [0.4, 0.5) is 0 Å². The molecule has 0 aliphatic carbocycles. The number of carbonyl (C=O) groups is 2. The smallest absolute Gasteiger partial charge is 0.373 e. The van der Waals surface area contributed by atoms with E-state index in [1.165, 1.54) is 103 Å². The number of ether oxygens (including phenoxy) is 2. The number of carbonyl (C=O) groups excluding carboxylic acids is 2. The first-order valence-electron chi connectivity index (χ1n) is 16.7. The Bertz CT molecular complexity index is 510. The van der Waals surface area contributed by atoms with Gasteiger partial charge >= 0.3 is 17.9 Å². The largest absolute Gasteiger partial charge is 0.398 e. The molecule has 0 unspecified atom stereocenters. The Morgan fingerprint density at radius 2 is 0.795 bits per heavy atom. The Morgan fingerprint density at radius 1 is 0.487 bits per heavy atom. The van der Waals surface area contributed by atoms with E-state index in [0.717, 1.165) is 25.7 Å². The molecule has 0 atom stereocenters. The Kier molecular flexibility index (Phi) is 27.6. The predicted molar refractivity (Wildman–Crippen MR) is 160 cm³/mol. The number of rotatable bonds is 30. The first kappa shape index (κ1) is 37.9. The van der Waals surface area contributed by atoms with Gasteiger partial charge in [-0.25, -0.2) is 0 Å². The molecule has 0 aromatic rings. The number of aliphatic hydroxyl groups excluding tert-OH is 1. The minimum absolute atomic E-state index is 0.0262.